The van der Waals surface area contributed by atoms with Gasteiger partial charge in [0.25, 0.3) is 5.91 Å². The number of aliphatic hydroxyl groups is 1. The average molecular weight is 248 g/mol. The van der Waals surface area contributed by atoms with Gasteiger partial charge in [-0.25, -0.2) is 0 Å². The monoisotopic (exact) mass is 248 g/mol. The maximum absolute atomic E-state index is 12.4. The van der Waals surface area contributed by atoms with Crippen LogP contribution in [0.2, 0.25) is 0 Å². The predicted molar refractivity (Wildman–Crippen MR) is 70.1 cm³/mol. The van der Waals surface area contributed by atoms with E-state index in [2.05, 4.69) is 5.32 Å². The van der Waals surface area contributed by atoms with Gasteiger partial charge in [0.05, 0.1) is 0 Å². The third kappa shape index (κ3) is 1.72. The molecule has 0 aromatic heterocycles. The number of aryl methyl sites for hydroxylation is 1. The van der Waals surface area contributed by atoms with E-state index in [4.69, 9.17) is 0 Å². The Bertz CT molecular complexity index is 484. The number of carbonyl (C=O) groups excluding carboxylic acids is 1. The molecule has 2 rings (SSSR count). The van der Waals surface area contributed by atoms with Gasteiger partial charge >= 0.3 is 0 Å². The fourth-order valence-corrected chi connectivity index (χ4v) is 2.42. The Morgan fingerprint density at radius 1 is 1.44 bits per heavy atom. The molecule has 1 amide bonds. The molecule has 0 spiro atoms. The second-order valence-corrected chi connectivity index (χ2v) is 5.27. The summed E-state index contributed by atoms with van der Waals surface area (Å²) in [4.78, 5) is 13.9. The van der Waals surface area contributed by atoms with Crippen LogP contribution in [0.4, 0.5) is 0 Å². The van der Waals surface area contributed by atoms with E-state index in [1.807, 2.05) is 45.9 Å². The quantitative estimate of drug-likeness (QED) is 0.629. The van der Waals surface area contributed by atoms with Gasteiger partial charge in [0.1, 0.15) is 5.54 Å². The molecule has 0 radical (unpaired) electrons. The maximum atomic E-state index is 12.4. The van der Waals surface area contributed by atoms with Gasteiger partial charge in [0.15, 0.2) is 0 Å². The molecule has 1 aromatic carbocycles. The van der Waals surface area contributed by atoms with E-state index in [9.17, 15) is 9.90 Å². The largest absolute Gasteiger partial charge is 0.356 e. The fraction of sp³-hybridized carbons (Fsp3) is 0.500. The molecule has 98 valence electrons. The fourth-order valence-electron chi connectivity index (χ4n) is 2.42. The van der Waals surface area contributed by atoms with Crippen LogP contribution in [0.1, 0.15) is 36.7 Å². The summed E-state index contributed by atoms with van der Waals surface area (Å²) in [6.45, 7) is 8.16. The summed E-state index contributed by atoms with van der Waals surface area (Å²) in [6, 6.07) is 7.41. The highest BCUT2D eigenvalue weighted by atomic mass is 16.4. The molecule has 1 aromatic rings. The van der Waals surface area contributed by atoms with E-state index < -0.39 is 11.4 Å². The van der Waals surface area contributed by atoms with E-state index >= 15 is 0 Å². The van der Waals surface area contributed by atoms with Crippen molar-refractivity contribution in [3.8, 4) is 0 Å². The van der Waals surface area contributed by atoms with Gasteiger partial charge in [-0.3, -0.25) is 15.0 Å². The van der Waals surface area contributed by atoms with Gasteiger partial charge in [-0.15, -0.1) is 0 Å². The van der Waals surface area contributed by atoms with Crippen LogP contribution in [0.5, 0.6) is 0 Å². The van der Waals surface area contributed by atoms with E-state index in [-0.39, 0.29) is 5.91 Å². The zero-order chi connectivity index (χ0) is 13.6. The molecule has 1 fully saturated rings. The number of nitrogens with zero attached hydrogens (tertiary/aromatic N) is 1. The number of hydrogen-bond acceptors (Lipinski definition) is 3. The minimum atomic E-state index is -1.23. The highest BCUT2D eigenvalue weighted by molar-refractivity contribution is 5.97. The Balaban J connectivity index is 2.26. The number of amides is 1. The second kappa shape index (κ2) is 4.07. The second-order valence-electron chi connectivity index (χ2n) is 5.27. The molecule has 4 nitrogen and oxygen atoms in total. The molecule has 1 heterocycles. The Morgan fingerprint density at radius 3 is 2.67 bits per heavy atom. The van der Waals surface area contributed by atoms with Gasteiger partial charge in [-0.2, -0.15) is 0 Å². The third-order valence-corrected chi connectivity index (χ3v) is 3.58. The molecule has 2 N–H and O–H groups in total. The van der Waals surface area contributed by atoms with Gasteiger partial charge in [0, 0.05) is 5.56 Å². The van der Waals surface area contributed by atoms with Gasteiger partial charge < -0.3 is 5.11 Å². The number of hydrogen-bond donors (Lipinski definition) is 2. The van der Waals surface area contributed by atoms with Crippen LogP contribution in [-0.2, 0) is 0 Å². The SMILES string of the molecule is CCNC1(O)N(C(=O)c2cccc(C)c2)C1(C)C. The van der Waals surface area contributed by atoms with E-state index in [0.717, 1.165) is 5.56 Å². The molecule has 18 heavy (non-hydrogen) atoms. The minimum absolute atomic E-state index is 0.146. The number of nitrogens with one attached hydrogen (secondary N) is 1. The lowest BCUT2D eigenvalue weighted by atomic mass is 10.1. The first-order valence-corrected chi connectivity index (χ1v) is 6.23. The lowest BCUT2D eigenvalue weighted by Gasteiger charge is -2.11. The van der Waals surface area contributed by atoms with Gasteiger partial charge in [0.2, 0.25) is 5.85 Å². The molecule has 0 bridgehead atoms. The Kier molecular flexibility index (Phi) is 2.95. The van der Waals surface area contributed by atoms with E-state index in [1.54, 1.807) is 6.07 Å². The van der Waals surface area contributed by atoms with Crippen molar-refractivity contribution in [2.45, 2.75) is 39.1 Å². The summed E-state index contributed by atoms with van der Waals surface area (Å²) in [5, 5.41) is 13.4. The van der Waals surface area contributed by atoms with Crippen molar-refractivity contribution in [2.75, 3.05) is 6.54 Å². The smallest absolute Gasteiger partial charge is 0.257 e. The summed E-state index contributed by atoms with van der Waals surface area (Å²) in [7, 11) is 0. The van der Waals surface area contributed by atoms with Crippen molar-refractivity contribution >= 4 is 5.91 Å². The number of carbonyl (C=O) groups is 1. The molecule has 1 atom stereocenters. The molecule has 0 saturated carbocycles. The van der Waals surface area contributed by atoms with Crippen LogP contribution in [0, 0.1) is 6.92 Å². The highest BCUT2D eigenvalue weighted by Crippen LogP contribution is 2.48. The summed E-state index contributed by atoms with van der Waals surface area (Å²) in [6.07, 6.45) is 0. The molecule has 1 aliphatic rings. The molecular weight excluding hydrogens is 228 g/mol. The first kappa shape index (κ1) is 13.1. The number of likely N-dealkylation sites (N-methyl/N-ethyl adjacent to an activating group) is 1. The van der Waals surface area contributed by atoms with Crippen molar-refractivity contribution in [1.29, 1.82) is 0 Å². The summed E-state index contributed by atoms with van der Waals surface area (Å²) >= 11 is 0. The molecular formula is C14H20N2O2. The van der Waals surface area contributed by atoms with Crippen molar-refractivity contribution in [1.82, 2.24) is 10.2 Å². The Hall–Kier alpha value is -1.39. The van der Waals surface area contributed by atoms with E-state index in [0.29, 0.717) is 12.1 Å². The zero-order valence-electron chi connectivity index (χ0n) is 11.3. The molecule has 1 unspecified atom stereocenters. The zero-order valence-corrected chi connectivity index (χ0v) is 11.3. The van der Waals surface area contributed by atoms with Crippen LogP contribution in [0.15, 0.2) is 24.3 Å². The summed E-state index contributed by atoms with van der Waals surface area (Å²) in [5.74, 6) is -1.38. The Labute approximate surface area is 108 Å². The van der Waals surface area contributed by atoms with Crippen molar-refractivity contribution < 1.29 is 9.90 Å². The van der Waals surface area contributed by atoms with Crippen LogP contribution in [0.25, 0.3) is 0 Å². The third-order valence-electron chi connectivity index (χ3n) is 3.58. The van der Waals surface area contributed by atoms with Crippen LogP contribution < -0.4 is 5.32 Å². The van der Waals surface area contributed by atoms with Crippen LogP contribution >= 0.6 is 0 Å². The topological polar surface area (TPSA) is 52.3 Å². The molecule has 1 saturated heterocycles. The number of rotatable bonds is 3. The van der Waals surface area contributed by atoms with Crippen LogP contribution in [-0.4, -0.2) is 33.8 Å². The van der Waals surface area contributed by atoms with Crippen molar-refractivity contribution in [3.63, 3.8) is 0 Å². The van der Waals surface area contributed by atoms with Gasteiger partial charge in [-0.05, 0) is 39.4 Å². The normalized spacial score (nSPS) is 25.1. The van der Waals surface area contributed by atoms with Gasteiger partial charge in [-0.1, -0.05) is 24.6 Å². The lowest BCUT2D eigenvalue weighted by molar-refractivity contribution is 0.0408. The van der Waals surface area contributed by atoms with Crippen molar-refractivity contribution in [2.24, 2.45) is 0 Å². The van der Waals surface area contributed by atoms with Crippen LogP contribution in [0.3, 0.4) is 0 Å². The Morgan fingerprint density at radius 2 is 2.11 bits per heavy atom. The molecule has 4 heteroatoms. The highest BCUT2D eigenvalue weighted by Gasteiger charge is 2.71. The van der Waals surface area contributed by atoms with E-state index in [1.165, 1.54) is 4.90 Å². The predicted octanol–water partition coefficient (Wildman–Crippen LogP) is 1.49. The maximum Gasteiger partial charge on any atom is 0.257 e. The van der Waals surface area contributed by atoms with Crippen molar-refractivity contribution in [3.05, 3.63) is 35.4 Å². The number of benzene rings is 1. The minimum Gasteiger partial charge on any atom is -0.356 e. The molecule has 0 aliphatic carbocycles. The summed E-state index contributed by atoms with van der Waals surface area (Å²) < 4.78 is 0. The lowest BCUT2D eigenvalue weighted by Crippen LogP contribution is -2.40. The molecule has 1 aliphatic heterocycles. The first-order valence-electron chi connectivity index (χ1n) is 6.23. The summed E-state index contributed by atoms with van der Waals surface area (Å²) in [5.41, 5.74) is 1.06. The standard InChI is InChI=1S/C14H20N2O2/c1-5-15-14(18)13(3,4)16(14)12(17)11-8-6-7-10(2)9-11/h6-9,15,18H,5H2,1-4H3. The first-order chi connectivity index (χ1) is 8.34. The average Bonchev–Trinajstić information content (AvgIpc) is 2.72.